The number of azo groups is 1. The molecule has 4 rings (SSSR count). The highest BCUT2D eigenvalue weighted by Gasteiger charge is 2.53. The monoisotopic (exact) mass is 427 g/mol. The highest BCUT2D eigenvalue weighted by Crippen LogP contribution is 2.53. The number of nitrogens with zero attached hydrogens (tertiary/aromatic N) is 2. The number of sulfone groups is 1. The zero-order valence-corrected chi connectivity index (χ0v) is 19.0. The van der Waals surface area contributed by atoms with Gasteiger partial charge in [-0.1, -0.05) is 32.9 Å². The molecule has 0 radical (unpaired) electrons. The third-order valence-electron chi connectivity index (χ3n) is 6.59. The second-order valence-electron chi connectivity index (χ2n) is 9.54. The Morgan fingerprint density at radius 1 is 1.23 bits per heavy atom. The molecule has 0 aromatic heterocycles. The minimum absolute atomic E-state index is 0.110. The topological polar surface area (TPSA) is 88.0 Å². The maximum absolute atomic E-state index is 13.5. The van der Waals surface area contributed by atoms with E-state index >= 15 is 0 Å². The van der Waals surface area contributed by atoms with Crippen LogP contribution in [-0.2, 0) is 20.0 Å². The summed E-state index contributed by atoms with van der Waals surface area (Å²) < 4.78 is 25.8. The van der Waals surface area contributed by atoms with E-state index < -0.39 is 20.5 Å². The SMILES string of the molecule is CCC1(c2cccc(S(=O)(=O)C(C)C)c2)C2=CN=NC2NC2=C1C(=O)CC(C)(C)C2. The van der Waals surface area contributed by atoms with E-state index in [9.17, 15) is 13.2 Å². The summed E-state index contributed by atoms with van der Waals surface area (Å²) in [5.41, 5.74) is 2.53. The Labute approximate surface area is 178 Å². The molecule has 0 bridgehead atoms. The Bertz CT molecular complexity index is 1110. The lowest BCUT2D eigenvalue weighted by atomic mass is 9.59. The Hall–Kier alpha value is -2.28. The van der Waals surface area contributed by atoms with Crippen molar-refractivity contribution in [2.45, 2.75) is 75.6 Å². The number of Topliss-reactive ketones (excluding diaryl/α,β-unsaturated/α-hetero) is 1. The predicted molar refractivity (Wildman–Crippen MR) is 116 cm³/mol. The molecule has 1 aliphatic carbocycles. The van der Waals surface area contributed by atoms with E-state index in [2.05, 4.69) is 29.4 Å². The number of carbonyl (C=O) groups is 1. The van der Waals surface area contributed by atoms with E-state index in [1.54, 1.807) is 38.2 Å². The summed E-state index contributed by atoms with van der Waals surface area (Å²) in [5.74, 6) is 0.110. The fraction of sp³-hybridized carbons (Fsp3) is 0.522. The molecule has 3 aliphatic rings. The van der Waals surface area contributed by atoms with Gasteiger partial charge in [-0.05, 0) is 49.8 Å². The van der Waals surface area contributed by atoms with Crippen LogP contribution in [0.25, 0.3) is 0 Å². The number of benzene rings is 1. The number of hydrogen-bond donors (Lipinski definition) is 1. The molecule has 2 aliphatic heterocycles. The number of allylic oxidation sites excluding steroid dienone is 2. The molecule has 1 aromatic carbocycles. The van der Waals surface area contributed by atoms with E-state index in [1.165, 1.54) is 0 Å². The van der Waals surface area contributed by atoms with Crippen molar-refractivity contribution in [2.75, 3.05) is 0 Å². The minimum Gasteiger partial charge on any atom is -0.362 e. The maximum Gasteiger partial charge on any atom is 0.180 e. The molecule has 1 aromatic rings. The summed E-state index contributed by atoms with van der Waals surface area (Å²) in [5, 5.41) is 11.4. The van der Waals surface area contributed by atoms with Crippen LogP contribution in [0, 0.1) is 5.41 Å². The molecule has 0 spiro atoms. The molecule has 2 unspecified atom stereocenters. The lowest BCUT2D eigenvalue weighted by molar-refractivity contribution is -0.119. The second kappa shape index (κ2) is 6.87. The predicted octanol–water partition coefficient (Wildman–Crippen LogP) is 4.44. The minimum atomic E-state index is -3.44. The summed E-state index contributed by atoms with van der Waals surface area (Å²) >= 11 is 0. The average Bonchev–Trinajstić information content (AvgIpc) is 3.14. The number of ketones is 1. The number of nitrogens with one attached hydrogen (secondary N) is 1. The van der Waals surface area contributed by atoms with Gasteiger partial charge in [-0.25, -0.2) is 8.42 Å². The molecule has 160 valence electrons. The lowest BCUT2D eigenvalue weighted by Gasteiger charge is -2.47. The van der Waals surface area contributed by atoms with Crippen molar-refractivity contribution in [2.24, 2.45) is 15.6 Å². The summed E-state index contributed by atoms with van der Waals surface area (Å²) in [6.45, 7) is 9.61. The van der Waals surface area contributed by atoms with Gasteiger partial charge in [0.1, 0.15) is 0 Å². The van der Waals surface area contributed by atoms with Crippen LogP contribution in [0.4, 0.5) is 0 Å². The lowest BCUT2D eigenvalue weighted by Crippen LogP contribution is -2.51. The van der Waals surface area contributed by atoms with Crippen LogP contribution < -0.4 is 5.32 Å². The molecule has 2 heterocycles. The van der Waals surface area contributed by atoms with Gasteiger partial charge in [-0.3, -0.25) is 4.79 Å². The van der Waals surface area contributed by atoms with Crippen molar-refractivity contribution in [1.29, 1.82) is 0 Å². The van der Waals surface area contributed by atoms with Gasteiger partial charge in [0.2, 0.25) is 0 Å². The molecule has 30 heavy (non-hydrogen) atoms. The maximum atomic E-state index is 13.5. The molecule has 0 saturated carbocycles. The Balaban J connectivity index is 1.99. The zero-order valence-electron chi connectivity index (χ0n) is 18.2. The van der Waals surface area contributed by atoms with Gasteiger partial charge < -0.3 is 5.32 Å². The van der Waals surface area contributed by atoms with Crippen LogP contribution in [0.2, 0.25) is 0 Å². The molecule has 7 heteroatoms. The fourth-order valence-electron chi connectivity index (χ4n) is 5.10. The van der Waals surface area contributed by atoms with Crippen molar-refractivity contribution < 1.29 is 13.2 Å². The first-order valence-electron chi connectivity index (χ1n) is 10.5. The molecule has 0 saturated heterocycles. The van der Waals surface area contributed by atoms with E-state index in [4.69, 9.17) is 0 Å². The van der Waals surface area contributed by atoms with Crippen molar-refractivity contribution in [3.05, 3.63) is 52.9 Å². The van der Waals surface area contributed by atoms with Crippen LogP contribution in [0.5, 0.6) is 0 Å². The van der Waals surface area contributed by atoms with Crippen molar-refractivity contribution in [3.63, 3.8) is 0 Å². The van der Waals surface area contributed by atoms with Gasteiger partial charge >= 0.3 is 0 Å². The van der Waals surface area contributed by atoms with Crippen LogP contribution >= 0.6 is 0 Å². The van der Waals surface area contributed by atoms with Crippen LogP contribution in [0.15, 0.2) is 62.4 Å². The van der Waals surface area contributed by atoms with Gasteiger partial charge in [0, 0.05) is 23.3 Å². The normalized spacial score (nSPS) is 27.6. The van der Waals surface area contributed by atoms with Crippen LogP contribution in [0.3, 0.4) is 0 Å². The van der Waals surface area contributed by atoms with E-state index in [0.29, 0.717) is 12.8 Å². The summed E-state index contributed by atoms with van der Waals surface area (Å²) in [7, 11) is -3.44. The van der Waals surface area contributed by atoms with Gasteiger partial charge in [-0.15, -0.1) is 0 Å². The average molecular weight is 428 g/mol. The molecule has 1 N–H and O–H groups in total. The highest BCUT2D eigenvalue weighted by atomic mass is 32.2. The van der Waals surface area contributed by atoms with Gasteiger partial charge in [-0.2, -0.15) is 10.2 Å². The van der Waals surface area contributed by atoms with Crippen LogP contribution in [-0.4, -0.2) is 25.6 Å². The largest absolute Gasteiger partial charge is 0.362 e. The second-order valence-corrected chi connectivity index (χ2v) is 12.0. The Kier molecular flexibility index (Phi) is 4.80. The summed E-state index contributed by atoms with van der Waals surface area (Å²) in [6, 6.07) is 7.10. The van der Waals surface area contributed by atoms with E-state index in [1.807, 2.05) is 13.0 Å². The smallest absolute Gasteiger partial charge is 0.180 e. The zero-order chi connectivity index (χ0) is 21.9. The quantitative estimate of drug-likeness (QED) is 0.769. The standard InChI is InChI=1S/C23H29N3O3S/c1-6-23(15-8-7-9-16(10-15)30(28,29)14(2)3)17-13-24-26-21(17)25-18-11-22(4,5)12-19(27)20(18)23/h7-10,13-14,21,25H,6,11-12H2,1-5H3. The third-order valence-corrected chi connectivity index (χ3v) is 8.74. The molecular formula is C23H29N3O3S. The molecule has 2 atom stereocenters. The number of hydrogen-bond acceptors (Lipinski definition) is 6. The first kappa shape index (κ1) is 21.0. The number of carbonyl (C=O) groups excluding carboxylic acids is 1. The summed E-state index contributed by atoms with van der Waals surface area (Å²) in [6.07, 6.45) is 3.25. The molecular weight excluding hydrogens is 398 g/mol. The Morgan fingerprint density at radius 2 is 1.97 bits per heavy atom. The van der Waals surface area contributed by atoms with Gasteiger partial charge in [0.25, 0.3) is 0 Å². The van der Waals surface area contributed by atoms with Crippen molar-refractivity contribution in [1.82, 2.24) is 5.32 Å². The van der Waals surface area contributed by atoms with E-state index in [0.717, 1.165) is 28.8 Å². The van der Waals surface area contributed by atoms with E-state index in [-0.39, 0.29) is 22.3 Å². The fourth-order valence-corrected chi connectivity index (χ4v) is 6.20. The van der Waals surface area contributed by atoms with Crippen LogP contribution in [0.1, 0.15) is 59.4 Å². The molecule has 6 nitrogen and oxygen atoms in total. The first-order valence-corrected chi connectivity index (χ1v) is 12.1. The molecule has 0 amide bonds. The summed E-state index contributed by atoms with van der Waals surface area (Å²) in [4.78, 5) is 13.8. The Morgan fingerprint density at radius 3 is 2.63 bits per heavy atom. The first-order chi connectivity index (χ1) is 14.0. The number of fused-ring (bicyclic) bond motifs is 1. The van der Waals surface area contributed by atoms with Gasteiger partial charge in [0.15, 0.2) is 21.8 Å². The molecule has 0 fully saturated rings. The highest BCUT2D eigenvalue weighted by molar-refractivity contribution is 7.92. The van der Waals surface area contributed by atoms with Gasteiger partial charge in [0.05, 0.1) is 21.8 Å². The third kappa shape index (κ3) is 2.97. The number of rotatable bonds is 4. The van der Waals surface area contributed by atoms with Crippen molar-refractivity contribution in [3.8, 4) is 0 Å². The van der Waals surface area contributed by atoms with Crippen molar-refractivity contribution >= 4 is 15.6 Å².